The molecule has 0 aliphatic heterocycles. The van der Waals surface area contributed by atoms with Gasteiger partial charge in [0.2, 0.25) is 18.3 Å². The highest BCUT2D eigenvalue weighted by atomic mass is 35.5. The molecule has 2 N–H and O–H groups in total. The molecule has 19 heavy (non-hydrogen) atoms. The number of hydrogen-bond acceptors (Lipinski definition) is 3. The molecular formula is C12H20ClNO3SSi. The lowest BCUT2D eigenvalue weighted by Gasteiger charge is -2.36. The van der Waals surface area contributed by atoms with Crippen LogP contribution in [0.25, 0.3) is 0 Å². The Morgan fingerprint density at radius 1 is 1.26 bits per heavy atom. The lowest BCUT2D eigenvalue weighted by Crippen LogP contribution is -2.43. The minimum Gasteiger partial charge on any atom is -0.543 e. The van der Waals surface area contributed by atoms with Crippen LogP contribution >= 0.6 is 11.6 Å². The monoisotopic (exact) mass is 321 g/mol. The van der Waals surface area contributed by atoms with Crippen LogP contribution in [0.15, 0.2) is 23.1 Å². The molecule has 0 fully saturated rings. The van der Waals surface area contributed by atoms with Crippen LogP contribution in [-0.2, 0) is 10.0 Å². The summed E-state index contributed by atoms with van der Waals surface area (Å²) in [6.07, 6.45) is 0. The van der Waals surface area contributed by atoms with E-state index in [2.05, 4.69) is 33.9 Å². The second kappa shape index (κ2) is 5.09. The Morgan fingerprint density at radius 3 is 2.21 bits per heavy atom. The molecule has 0 bridgehead atoms. The Kier molecular flexibility index (Phi) is 4.41. The van der Waals surface area contributed by atoms with E-state index < -0.39 is 18.3 Å². The van der Waals surface area contributed by atoms with Crippen molar-refractivity contribution in [2.45, 2.75) is 43.8 Å². The van der Waals surface area contributed by atoms with E-state index in [0.717, 1.165) is 0 Å². The van der Waals surface area contributed by atoms with Gasteiger partial charge in [0, 0.05) is 6.07 Å². The SMILES string of the molecule is CC(C)(C)[Si](C)(C)Oc1ccc(Cl)c(S(N)(=O)=O)c1. The van der Waals surface area contributed by atoms with E-state index >= 15 is 0 Å². The Labute approximate surface area is 121 Å². The number of nitrogens with two attached hydrogens (primary N) is 1. The first-order chi connectivity index (χ1) is 8.34. The molecule has 7 heteroatoms. The maximum Gasteiger partial charge on any atom is 0.250 e. The average molecular weight is 322 g/mol. The largest absolute Gasteiger partial charge is 0.543 e. The summed E-state index contributed by atoms with van der Waals surface area (Å²) in [4.78, 5) is -0.106. The number of halogens is 1. The summed E-state index contributed by atoms with van der Waals surface area (Å²) in [5, 5.41) is 5.24. The van der Waals surface area contributed by atoms with Gasteiger partial charge in [-0.25, -0.2) is 13.6 Å². The zero-order chi connectivity index (χ0) is 15.1. The number of sulfonamides is 1. The molecule has 0 aromatic heterocycles. The highest BCUT2D eigenvalue weighted by Gasteiger charge is 2.39. The van der Waals surface area contributed by atoms with Crippen molar-refractivity contribution < 1.29 is 12.8 Å². The average Bonchev–Trinajstić information content (AvgIpc) is 2.17. The number of primary sulfonamides is 1. The van der Waals surface area contributed by atoms with Gasteiger partial charge in [0.1, 0.15) is 10.6 Å². The molecule has 0 saturated heterocycles. The van der Waals surface area contributed by atoms with Gasteiger partial charge < -0.3 is 4.43 Å². The van der Waals surface area contributed by atoms with Crippen LogP contribution in [0.4, 0.5) is 0 Å². The fourth-order valence-corrected chi connectivity index (χ4v) is 3.30. The van der Waals surface area contributed by atoms with Gasteiger partial charge in [0.05, 0.1) is 5.02 Å². The molecule has 108 valence electrons. The van der Waals surface area contributed by atoms with Crippen LogP contribution < -0.4 is 9.56 Å². The van der Waals surface area contributed by atoms with Crippen molar-refractivity contribution in [1.82, 2.24) is 0 Å². The number of rotatable bonds is 3. The van der Waals surface area contributed by atoms with Crippen LogP contribution in [0.1, 0.15) is 20.8 Å². The third kappa shape index (κ3) is 3.95. The van der Waals surface area contributed by atoms with E-state index in [4.69, 9.17) is 21.2 Å². The van der Waals surface area contributed by atoms with Crippen LogP contribution in [0.5, 0.6) is 5.75 Å². The highest BCUT2D eigenvalue weighted by Crippen LogP contribution is 2.38. The minimum atomic E-state index is -3.84. The van der Waals surface area contributed by atoms with Gasteiger partial charge in [-0.3, -0.25) is 0 Å². The highest BCUT2D eigenvalue weighted by molar-refractivity contribution is 7.89. The fourth-order valence-electron chi connectivity index (χ4n) is 1.21. The first-order valence-electron chi connectivity index (χ1n) is 5.86. The Bertz CT molecular complexity index is 579. The van der Waals surface area contributed by atoms with Crippen molar-refractivity contribution in [3.63, 3.8) is 0 Å². The summed E-state index contributed by atoms with van der Waals surface area (Å²) in [5.41, 5.74) is 0. The van der Waals surface area contributed by atoms with Crippen LogP contribution in [-0.4, -0.2) is 16.7 Å². The van der Waals surface area contributed by atoms with Gasteiger partial charge >= 0.3 is 0 Å². The van der Waals surface area contributed by atoms with Gasteiger partial charge in [-0.15, -0.1) is 0 Å². The molecule has 0 aliphatic carbocycles. The fraction of sp³-hybridized carbons (Fsp3) is 0.500. The lowest BCUT2D eigenvalue weighted by atomic mass is 10.2. The lowest BCUT2D eigenvalue weighted by molar-refractivity contribution is 0.490. The Hall–Kier alpha value is -0.563. The summed E-state index contributed by atoms with van der Waals surface area (Å²) >= 11 is 5.84. The van der Waals surface area contributed by atoms with E-state index in [9.17, 15) is 8.42 Å². The molecule has 0 amide bonds. The summed E-state index contributed by atoms with van der Waals surface area (Å²) in [6.45, 7) is 10.5. The maximum atomic E-state index is 11.4. The Morgan fingerprint density at radius 2 is 1.79 bits per heavy atom. The summed E-state index contributed by atoms with van der Waals surface area (Å²) in [6, 6.07) is 4.54. The van der Waals surface area contributed by atoms with Crippen molar-refractivity contribution >= 4 is 29.9 Å². The van der Waals surface area contributed by atoms with Crippen molar-refractivity contribution in [3.05, 3.63) is 23.2 Å². The van der Waals surface area contributed by atoms with Gasteiger partial charge in [-0.1, -0.05) is 32.4 Å². The van der Waals surface area contributed by atoms with Crippen LogP contribution in [0.2, 0.25) is 23.2 Å². The van der Waals surface area contributed by atoms with Gasteiger partial charge in [0.15, 0.2) is 0 Å². The van der Waals surface area contributed by atoms with Crippen LogP contribution in [0, 0.1) is 0 Å². The van der Waals surface area contributed by atoms with E-state index in [1.54, 1.807) is 6.07 Å². The predicted octanol–water partition coefficient (Wildman–Crippen LogP) is 3.37. The molecule has 0 spiro atoms. The van der Waals surface area contributed by atoms with Gasteiger partial charge in [-0.05, 0) is 30.3 Å². The molecule has 1 aromatic rings. The quantitative estimate of drug-likeness (QED) is 0.868. The third-order valence-electron chi connectivity index (χ3n) is 3.39. The summed E-state index contributed by atoms with van der Waals surface area (Å²) < 4.78 is 28.9. The van der Waals surface area contributed by atoms with Crippen molar-refractivity contribution in [1.29, 1.82) is 0 Å². The van der Waals surface area contributed by atoms with E-state index in [-0.39, 0.29) is 15.0 Å². The Balaban J connectivity index is 3.19. The van der Waals surface area contributed by atoms with Gasteiger partial charge in [0.25, 0.3) is 0 Å². The topological polar surface area (TPSA) is 69.4 Å². The molecular weight excluding hydrogens is 302 g/mol. The summed E-state index contributed by atoms with van der Waals surface area (Å²) in [7, 11) is -5.87. The third-order valence-corrected chi connectivity index (χ3v) is 9.14. The number of benzene rings is 1. The molecule has 0 aliphatic rings. The normalized spacial score (nSPS) is 13.4. The molecule has 0 unspecified atom stereocenters. The summed E-state index contributed by atoms with van der Waals surface area (Å²) in [5.74, 6) is 0.486. The van der Waals surface area contributed by atoms with Crippen molar-refractivity contribution in [2.24, 2.45) is 5.14 Å². The van der Waals surface area contributed by atoms with E-state index in [1.807, 2.05) is 0 Å². The second-order valence-electron chi connectivity index (χ2n) is 6.00. The standard InChI is InChI=1S/C12H20ClNO3SSi/c1-12(2,3)19(4,5)17-9-6-7-10(13)11(8-9)18(14,15)16/h6-8H,1-5H3,(H2,14,15,16). The second-order valence-corrected chi connectivity index (χ2v) is 12.7. The van der Waals surface area contributed by atoms with Crippen molar-refractivity contribution in [3.8, 4) is 5.75 Å². The molecule has 4 nitrogen and oxygen atoms in total. The molecule has 0 radical (unpaired) electrons. The van der Waals surface area contributed by atoms with E-state index in [1.165, 1.54) is 12.1 Å². The first-order valence-corrected chi connectivity index (χ1v) is 10.7. The molecule has 0 heterocycles. The smallest absolute Gasteiger partial charge is 0.250 e. The minimum absolute atomic E-state index is 0.0222. The molecule has 0 saturated carbocycles. The van der Waals surface area contributed by atoms with Crippen LogP contribution in [0.3, 0.4) is 0 Å². The van der Waals surface area contributed by atoms with E-state index in [0.29, 0.717) is 5.75 Å². The zero-order valence-electron chi connectivity index (χ0n) is 11.8. The first kappa shape index (κ1) is 16.5. The molecule has 0 atom stereocenters. The predicted molar refractivity (Wildman–Crippen MR) is 80.7 cm³/mol. The van der Waals surface area contributed by atoms with Crippen molar-refractivity contribution in [2.75, 3.05) is 0 Å². The molecule has 1 aromatic carbocycles. The molecule has 1 rings (SSSR count). The van der Waals surface area contributed by atoms with Gasteiger partial charge in [-0.2, -0.15) is 0 Å². The number of hydrogen-bond donors (Lipinski definition) is 1. The maximum absolute atomic E-state index is 11.4. The zero-order valence-corrected chi connectivity index (χ0v) is 14.4.